The molecule has 0 heterocycles. The van der Waals surface area contributed by atoms with E-state index in [1.54, 1.807) is 55.5 Å². The largest absolute Gasteiger partial charge is 0.457 e. The molecular weight excluding hydrogens is 386 g/mol. The number of hydrogen-bond acceptors (Lipinski definition) is 4. The fraction of sp³-hybridized carbons (Fsp3) is 0.0500. The van der Waals surface area contributed by atoms with Gasteiger partial charge in [0, 0.05) is 5.02 Å². The second-order valence-corrected chi connectivity index (χ2v) is 7.77. The molecule has 0 saturated carbocycles. The fourth-order valence-electron chi connectivity index (χ4n) is 2.47. The summed E-state index contributed by atoms with van der Waals surface area (Å²) in [5.41, 5.74) is 0.470. The average molecular weight is 402 g/mol. The van der Waals surface area contributed by atoms with Gasteiger partial charge in [-0.25, -0.2) is 13.1 Å². The number of nitrogens with one attached hydrogen (secondary N) is 1. The lowest BCUT2D eigenvalue weighted by atomic mass is 10.2. The first-order valence-electron chi connectivity index (χ1n) is 8.02. The van der Waals surface area contributed by atoms with E-state index in [0.717, 1.165) is 0 Å². The van der Waals surface area contributed by atoms with Gasteiger partial charge in [0.1, 0.15) is 11.5 Å². The number of rotatable bonds is 5. The number of carbonyl (C=O) groups excluding carboxylic acids is 1. The van der Waals surface area contributed by atoms with Gasteiger partial charge in [-0.2, -0.15) is 0 Å². The van der Waals surface area contributed by atoms with Gasteiger partial charge >= 0.3 is 0 Å². The monoisotopic (exact) mass is 401 g/mol. The van der Waals surface area contributed by atoms with E-state index >= 15 is 0 Å². The first-order chi connectivity index (χ1) is 12.9. The van der Waals surface area contributed by atoms with Crippen LogP contribution in [0.4, 0.5) is 0 Å². The minimum atomic E-state index is -4.09. The Morgan fingerprint density at radius 3 is 2.33 bits per heavy atom. The first kappa shape index (κ1) is 18.9. The molecule has 0 aliphatic heterocycles. The molecule has 27 heavy (non-hydrogen) atoms. The molecule has 0 atom stereocenters. The maximum Gasteiger partial charge on any atom is 0.268 e. The van der Waals surface area contributed by atoms with E-state index in [2.05, 4.69) is 4.72 Å². The molecule has 0 radical (unpaired) electrons. The quantitative estimate of drug-likeness (QED) is 0.680. The number of amides is 1. The van der Waals surface area contributed by atoms with E-state index in [-0.39, 0.29) is 16.2 Å². The lowest BCUT2D eigenvalue weighted by molar-refractivity contribution is 0.0979. The van der Waals surface area contributed by atoms with E-state index < -0.39 is 15.9 Å². The summed E-state index contributed by atoms with van der Waals surface area (Å²) in [6.07, 6.45) is 0. The van der Waals surface area contributed by atoms with E-state index in [1.807, 2.05) is 6.07 Å². The van der Waals surface area contributed by atoms with Gasteiger partial charge < -0.3 is 4.74 Å². The number of carbonyl (C=O) groups is 1. The van der Waals surface area contributed by atoms with E-state index in [4.69, 9.17) is 16.3 Å². The highest BCUT2D eigenvalue weighted by Crippen LogP contribution is 2.26. The standard InChI is InChI=1S/C20H16ClNO4S/c1-14-17(21)11-7-13-19(14)27(24,25)22-20(23)16-10-5-6-12-18(16)26-15-8-3-2-4-9-15/h2-13H,1H3,(H,22,23). The molecule has 0 unspecified atom stereocenters. The molecule has 0 saturated heterocycles. The molecule has 1 amide bonds. The van der Waals surface area contributed by atoms with Crippen molar-refractivity contribution >= 4 is 27.5 Å². The number of benzene rings is 3. The smallest absolute Gasteiger partial charge is 0.268 e. The van der Waals surface area contributed by atoms with Gasteiger partial charge in [0.05, 0.1) is 10.5 Å². The second kappa shape index (κ2) is 7.82. The Morgan fingerprint density at radius 1 is 0.926 bits per heavy atom. The van der Waals surface area contributed by atoms with Crippen LogP contribution in [0.5, 0.6) is 11.5 Å². The molecule has 0 fully saturated rings. The summed E-state index contributed by atoms with van der Waals surface area (Å²) in [5, 5.41) is 0.304. The Labute approximate surface area is 162 Å². The van der Waals surface area contributed by atoms with Gasteiger partial charge in [0.2, 0.25) is 0 Å². The Kier molecular flexibility index (Phi) is 5.48. The molecule has 0 aliphatic rings. The van der Waals surface area contributed by atoms with Crippen LogP contribution in [0.2, 0.25) is 5.02 Å². The zero-order valence-electron chi connectivity index (χ0n) is 14.3. The molecule has 0 spiro atoms. The van der Waals surface area contributed by atoms with Crippen molar-refractivity contribution in [1.29, 1.82) is 0 Å². The van der Waals surface area contributed by atoms with Gasteiger partial charge in [-0.1, -0.05) is 48.0 Å². The van der Waals surface area contributed by atoms with E-state index in [1.165, 1.54) is 18.2 Å². The molecule has 7 heteroatoms. The molecule has 0 aromatic heterocycles. The van der Waals surface area contributed by atoms with Crippen LogP contribution in [0.3, 0.4) is 0 Å². The molecular formula is C20H16ClNO4S. The molecule has 1 N–H and O–H groups in total. The van der Waals surface area contributed by atoms with Gasteiger partial charge in [-0.3, -0.25) is 4.79 Å². The molecule has 138 valence electrons. The van der Waals surface area contributed by atoms with Crippen LogP contribution in [0, 0.1) is 6.92 Å². The highest BCUT2D eigenvalue weighted by atomic mass is 35.5. The molecule has 3 aromatic rings. The second-order valence-electron chi connectivity index (χ2n) is 5.71. The maximum atomic E-state index is 12.6. The number of hydrogen-bond donors (Lipinski definition) is 1. The fourth-order valence-corrected chi connectivity index (χ4v) is 3.93. The maximum absolute atomic E-state index is 12.6. The van der Waals surface area contributed by atoms with E-state index in [9.17, 15) is 13.2 Å². The van der Waals surface area contributed by atoms with Crippen molar-refractivity contribution in [2.24, 2.45) is 0 Å². The van der Waals surface area contributed by atoms with Crippen LogP contribution in [-0.4, -0.2) is 14.3 Å². The van der Waals surface area contributed by atoms with Crippen molar-refractivity contribution in [3.8, 4) is 11.5 Å². The first-order valence-corrected chi connectivity index (χ1v) is 9.89. The van der Waals surface area contributed by atoms with Crippen LogP contribution in [0.25, 0.3) is 0 Å². The Hall–Kier alpha value is -2.83. The van der Waals surface area contributed by atoms with Crippen LogP contribution in [0.1, 0.15) is 15.9 Å². The predicted octanol–water partition coefficient (Wildman–Crippen LogP) is 4.56. The van der Waals surface area contributed by atoms with Crippen LogP contribution < -0.4 is 9.46 Å². The summed E-state index contributed by atoms with van der Waals surface area (Å²) in [6.45, 7) is 1.58. The molecule has 0 bridgehead atoms. The summed E-state index contributed by atoms with van der Waals surface area (Å²) < 4.78 is 33.0. The number of ether oxygens (including phenoxy) is 1. The van der Waals surface area contributed by atoms with Crippen LogP contribution in [-0.2, 0) is 10.0 Å². The van der Waals surface area contributed by atoms with Gasteiger partial charge in [-0.15, -0.1) is 0 Å². The third-order valence-corrected chi connectivity index (χ3v) is 5.72. The van der Waals surface area contributed by atoms with E-state index in [0.29, 0.717) is 16.3 Å². The van der Waals surface area contributed by atoms with Crippen molar-refractivity contribution in [1.82, 2.24) is 4.72 Å². The summed E-state index contributed by atoms with van der Waals surface area (Å²) >= 11 is 5.99. The topological polar surface area (TPSA) is 72.5 Å². The Bertz CT molecular complexity index is 1080. The highest BCUT2D eigenvalue weighted by Gasteiger charge is 2.23. The van der Waals surface area contributed by atoms with Gasteiger partial charge in [0.25, 0.3) is 15.9 Å². The Balaban J connectivity index is 1.90. The van der Waals surface area contributed by atoms with Crippen molar-refractivity contribution in [3.05, 3.63) is 88.9 Å². The van der Waals surface area contributed by atoms with Gasteiger partial charge in [-0.05, 0) is 48.9 Å². The number of para-hydroxylation sites is 2. The zero-order chi connectivity index (χ0) is 19.4. The third kappa shape index (κ3) is 4.30. The SMILES string of the molecule is Cc1c(Cl)cccc1S(=O)(=O)NC(=O)c1ccccc1Oc1ccccc1. The summed E-state index contributed by atoms with van der Waals surface area (Å²) in [6, 6.07) is 19.8. The molecule has 3 aromatic carbocycles. The summed E-state index contributed by atoms with van der Waals surface area (Å²) in [4.78, 5) is 12.6. The lowest BCUT2D eigenvalue weighted by Gasteiger charge is -2.13. The van der Waals surface area contributed by atoms with Crippen LogP contribution >= 0.6 is 11.6 Å². The summed E-state index contributed by atoms with van der Waals surface area (Å²) in [7, 11) is -4.09. The molecule has 5 nitrogen and oxygen atoms in total. The van der Waals surface area contributed by atoms with Crippen molar-refractivity contribution in [2.45, 2.75) is 11.8 Å². The van der Waals surface area contributed by atoms with Crippen molar-refractivity contribution < 1.29 is 17.9 Å². The number of halogens is 1. The average Bonchev–Trinajstić information content (AvgIpc) is 2.64. The lowest BCUT2D eigenvalue weighted by Crippen LogP contribution is -2.31. The normalized spacial score (nSPS) is 11.0. The zero-order valence-corrected chi connectivity index (χ0v) is 15.9. The molecule has 3 rings (SSSR count). The molecule has 0 aliphatic carbocycles. The third-order valence-electron chi connectivity index (χ3n) is 3.84. The minimum absolute atomic E-state index is 0.0511. The Morgan fingerprint density at radius 2 is 1.59 bits per heavy atom. The number of sulfonamides is 1. The minimum Gasteiger partial charge on any atom is -0.457 e. The van der Waals surface area contributed by atoms with Crippen molar-refractivity contribution in [3.63, 3.8) is 0 Å². The van der Waals surface area contributed by atoms with Crippen molar-refractivity contribution in [2.75, 3.05) is 0 Å². The summed E-state index contributed by atoms with van der Waals surface area (Å²) in [5.74, 6) is -0.00795. The van der Waals surface area contributed by atoms with Gasteiger partial charge in [0.15, 0.2) is 0 Å². The predicted molar refractivity (Wildman–Crippen MR) is 104 cm³/mol. The highest BCUT2D eigenvalue weighted by molar-refractivity contribution is 7.90. The van der Waals surface area contributed by atoms with Crippen LogP contribution in [0.15, 0.2) is 77.7 Å².